The van der Waals surface area contributed by atoms with Crippen molar-refractivity contribution in [2.45, 2.75) is 97.9 Å². The number of hydrogen-bond acceptors (Lipinski definition) is 3. The normalized spacial score (nSPS) is 18.5. The number of allylic oxidation sites excluding steroid dienone is 3. The van der Waals surface area contributed by atoms with Crippen LogP contribution in [0.1, 0.15) is 74.1 Å². The van der Waals surface area contributed by atoms with E-state index < -0.39 is 13.9 Å². The highest BCUT2D eigenvalue weighted by Gasteiger charge is 2.43. The Morgan fingerprint density at radius 1 is 1.23 bits per heavy atom. The van der Waals surface area contributed by atoms with Gasteiger partial charge in [-0.3, -0.25) is 9.59 Å². The van der Waals surface area contributed by atoms with Crippen molar-refractivity contribution in [3.63, 3.8) is 0 Å². The first-order valence-electron chi connectivity index (χ1n) is 9.73. The van der Waals surface area contributed by atoms with Crippen molar-refractivity contribution in [3.05, 3.63) is 23.8 Å². The second-order valence-electron chi connectivity index (χ2n) is 10.3. The fourth-order valence-electron chi connectivity index (χ4n) is 2.93. The van der Waals surface area contributed by atoms with Crippen LogP contribution >= 0.6 is 0 Å². The first-order chi connectivity index (χ1) is 11.6. The third-order valence-electron chi connectivity index (χ3n) is 5.72. The Kier molecular flexibility index (Phi) is 7.03. The van der Waals surface area contributed by atoms with Crippen LogP contribution in [-0.4, -0.2) is 25.5 Å². The summed E-state index contributed by atoms with van der Waals surface area (Å²) in [5.74, 6) is 0.265. The SMILES string of the molecule is CC1(C)CC(CCC/C=C\C(=O)C(C)(C)O[Si](C)(C)C(C)(C)C)=CC1=O. The van der Waals surface area contributed by atoms with Gasteiger partial charge in [-0.15, -0.1) is 0 Å². The van der Waals surface area contributed by atoms with Crippen molar-refractivity contribution >= 4 is 19.9 Å². The minimum Gasteiger partial charge on any atom is -0.405 e. The summed E-state index contributed by atoms with van der Waals surface area (Å²) in [6, 6.07) is 0. The minimum absolute atomic E-state index is 0.0266. The zero-order valence-corrected chi connectivity index (χ0v) is 19.3. The maximum Gasteiger partial charge on any atom is 0.193 e. The van der Waals surface area contributed by atoms with Gasteiger partial charge in [-0.05, 0) is 69.8 Å². The molecule has 0 heterocycles. The summed E-state index contributed by atoms with van der Waals surface area (Å²) >= 11 is 0. The number of unbranched alkanes of at least 4 members (excludes halogenated alkanes) is 1. The number of hydrogen-bond donors (Lipinski definition) is 0. The van der Waals surface area contributed by atoms with E-state index in [9.17, 15) is 9.59 Å². The summed E-state index contributed by atoms with van der Waals surface area (Å²) in [4.78, 5) is 24.4. The first kappa shape index (κ1) is 23.0. The van der Waals surface area contributed by atoms with Crippen LogP contribution in [0.3, 0.4) is 0 Å². The van der Waals surface area contributed by atoms with E-state index in [-0.39, 0.29) is 22.0 Å². The van der Waals surface area contributed by atoms with Crippen LogP contribution in [0.2, 0.25) is 18.1 Å². The topological polar surface area (TPSA) is 43.4 Å². The summed E-state index contributed by atoms with van der Waals surface area (Å²) in [6.07, 6.45) is 9.02. The molecule has 0 bridgehead atoms. The maximum absolute atomic E-state index is 12.6. The third-order valence-corrected chi connectivity index (χ3v) is 10.4. The van der Waals surface area contributed by atoms with Gasteiger partial charge in [0.05, 0.1) is 0 Å². The summed E-state index contributed by atoms with van der Waals surface area (Å²) in [5.41, 5.74) is 0.220. The van der Waals surface area contributed by atoms with E-state index in [1.807, 2.05) is 39.8 Å². The van der Waals surface area contributed by atoms with E-state index in [0.717, 1.165) is 25.7 Å². The Morgan fingerprint density at radius 3 is 2.27 bits per heavy atom. The second-order valence-corrected chi connectivity index (χ2v) is 15.0. The summed E-state index contributed by atoms with van der Waals surface area (Å²) < 4.78 is 6.32. The van der Waals surface area contributed by atoms with E-state index >= 15 is 0 Å². The van der Waals surface area contributed by atoms with E-state index in [2.05, 4.69) is 33.9 Å². The Labute approximate surface area is 161 Å². The van der Waals surface area contributed by atoms with Gasteiger partial charge in [0.2, 0.25) is 0 Å². The Hall–Kier alpha value is -1.00. The quantitative estimate of drug-likeness (QED) is 0.295. The zero-order chi connectivity index (χ0) is 20.4. The van der Waals surface area contributed by atoms with Crippen molar-refractivity contribution in [2.24, 2.45) is 5.41 Å². The number of ketones is 2. The van der Waals surface area contributed by atoms with Crippen LogP contribution < -0.4 is 0 Å². The predicted octanol–water partition coefficient (Wildman–Crippen LogP) is 6.01. The van der Waals surface area contributed by atoms with Crippen molar-refractivity contribution in [3.8, 4) is 0 Å². The van der Waals surface area contributed by atoms with Gasteiger partial charge in [-0.1, -0.05) is 46.3 Å². The van der Waals surface area contributed by atoms with Gasteiger partial charge in [0.15, 0.2) is 19.9 Å². The molecule has 26 heavy (non-hydrogen) atoms. The van der Waals surface area contributed by atoms with Crippen LogP contribution in [0.15, 0.2) is 23.8 Å². The van der Waals surface area contributed by atoms with Crippen LogP contribution in [0.25, 0.3) is 0 Å². The van der Waals surface area contributed by atoms with E-state index in [0.29, 0.717) is 0 Å². The fourth-order valence-corrected chi connectivity index (χ4v) is 4.61. The molecular formula is C22H38O3Si. The average Bonchev–Trinajstić information content (AvgIpc) is 2.68. The molecule has 0 aliphatic heterocycles. The lowest BCUT2D eigenvalue weighted by Crippen LogP contribution is -2.50. The third kappa shape index (κ3) is 6.02. The molecule has 0 atom stereocenters. The van der Waals surface area contributed by atoms with Gasteiger partial charge >= 0.3 is 0 Å². The highest BCUT2D eigenvalue weighted by molar-refractivity contribution is 6.74. The minimum atomic E-state index is -1.99. The van der Waals surface area contributed by atoms with Crippen LogP contribution in [0.5, 0.6) is 0 Å². The number of carbonyl (C=O) groups excluding carboxylic acids is 2. The molecule has 0 fully saturated rings. The van der Waals surface area contributed by atoms with Crippen LogP contribution in [0, 0.1) is 5.41 Å². The van der Waals surface area contributed by atoms with Crippen LogP contribution in [0.4, 0.5) is 0 Å². The van der Waals surface area contributed by atoms with E-state index in [1.165, 1.54) is 5.57 Å². The van der Waals surface area contributed by atoms with Crippen molar-refractivity contribution in [2.75, 3.05) is 0 Å². The molecule has 0 amide bonds. The average molecular weight is 379 g/mol. The van der Waals surface area contributed by atoms with E-state index in [4.69, 9.17) is 4.43 Å². The predicted molar refractivity (Wildman–Crippen MR) is 112 cm³/mol. The first-order valence-corrected chi connectivity index (χ1v) is 12.6. The van der Waals surface area contributed by atoms with Gasteiger partial charge in [0, 0.05) is 5.41 Å². The largest absolute Gasteiger partial charge is 0.405 e. The van der Waals surface area contributed by atoms with Crippen molar-refractivity contribution < 1.29 is 14.0 Å². The van der Waals surface area contributed by atoms with Gasteiger partial charge < -0.3 is 4.43 Å². The molecule has 0 aromatic heterocycles. The highest BCUT2D eigenvalue weighted by atomic mass is 28.4. The molecule has 1 rings (SSSR count). The van der Waals surface area contributed by atoms with E-state index in [1.54, 1.807) is 6.08 Å². The molecule has 0 saturated heterocycles. The molecule has 1 aliphatic rings. The van der Waals surface area contributed by atoms with Crippen LogP contribution in [-0.2, 0) is 14.0 Å². The monoisotopic (exact) mass is 378 g/mol. The molecule has 0 spiro atoms. The second kappa shape index (κ2) is 7.93. The van der Waals surface area contributed by atoms with Gasteiger partial charge in [0.25, 0.3) is 0 Å². The number of rotatable bonds is 8. The van der Waals surface area contributed by atoms with Crippen molar-refractivity contribution in [1.82, 2.24) is 0 Å². The molecular weight excluding hydrogens is 340 g/mol. The standard InChI is InChI=1S/C22H38O3Si/c1-20(2,3)26(8,9)25-22(6,7)18(23)14-12-10-11-13-17-15-19(24)21(4,5)16-17/h12,14-15H,10-11,13,16H2,1-9H3/b14-12-. The molecule has 0 unspecified atom stereocenters. The zero-order valence-electron chi connectivity index (χ0n) is 18.3. The highest BCUT2D eigenvalue weighted by Crippen LogP contribution is 2.39. The molecule has 0 radical (unpaired) electrons. The summed E-state index contributed by atoms with van der Waals surface area (Å²) in [6.45, 7) is 18.6. The lowest BCUT2D eigenvalue weighted by atomic mass is 9.88. The molecule has 0 aromatic rings. The molecule has 0 saturated carbocycles. The summed E-state index contributed by atoms with van der Waals surface area (Å²) in [7, 11) is -1.99. The lowest BCUT2D eigenvalue weighted by molar-refractivity contribution is -0.127. The molecule has 0 aromatic carbocycles. The Morgan fingerprint density at radius 2 is 1.81 bits per heavy atom. The van der Waals surface area contributed by atoms with Gasteiger partial charge in [0.1, 0.15) is 5.60 Å². The number of carbonyl (C=O) groups is 2. The van der Waals surface area contributed by atoms with Crippen molar-refractivity contribution in [1.29, 1.82) is 0 Å². The fraction of sp³-hybridized carbons (Fsp3) is 0.727. The molecule has 4 heteroatoms. The lowest BCUT2D eigenvalue weighted by Gasteiger charge is -2.41. The molecule has 3 nitrogen and oxygen atoms in total. The molecule has 1 aliphatic carbocycles. The molecule has 0 N–H and O–H groups in total. The Bertz CT molecular complexity index is 601. The van der Waals surface area contributed by atoms with Gasteiger partial charge in [-0.2, -0.15) is 0 Å². The van der Waals surface area contributed by atoms with Gasteiger partial charge in [-0.25, -0.2) is 0 Å². The maximum atomic E-state index is 12.6. The Balaban J connectivity index is 2.49. The molecule has 148 valence electrons. The smallest absolute Gasteiger partial charge is 0.193 e. The summed E-state index contributed by atoms with van der Waals surface area (Å²) in [5, 5.41) is 0.0779.